The van der Waals surface area contributed by atoms with Gasteiger partial charge in [-0.05, 0) is 69.1 Å². The standard InChI is InChI=1S/C55H32N2O9S4/c58-44-33-19-29-15-7-8-16-30(29)20-34(33)45(59)42(44)56-39-23-37-49(69-39)41-51(67-37)52-48(66-55(41,53(62)64-25-27-11-3-1-4-12-27)54(63)65-26-28-13-5-2-6-14-28)50-38(68-52)24-40(70-50)57-43-46(60)35-21-31-17-9-10-18-32(31)22-36(35)47(43)61/h1-24,42-43,56-57H,25-26H2. The van der Waals surface area contributed by atoms with Crippen molar-refractivity contribution in [3.8, 4) is 15.5 Å². The van der Waals surface area contributed by atoms with E-state index in [1.807, 2.05) is 97.1 Å². The van der Waals surface area contributed by atoms with E-state index in [0.717, 1.165) is 26.2 Å². The van der Waals surface area contributed by atoms with Crippen molar-refractivity contribution in [3.63, 3.8) is 0 Å². The molecular formula is C55H32N2O9S4. The highest BCUT2D eigenvalue weighted by atomic mass is 32.1. The second-order valence-corrected chi connectivity index (χ2v) is 21.4. The predicted octanol–water partition coefficient (Wildman–Crippen LogP) is 12.0. The normalized spacial score (nSPS) is 15.0. The Morgan fingerprint density at radius 3 is 1.31 bits per heavy atom. The summed E-state index contributed by atoms with van der Waals surface area (Å²) in [6.45, 7) is -0.364. The van der Waals surface area contributed by atoms with Crippen LogP contribution in [-0.4, -0.2) is 47.2 Å². The molecular weight excluding hydrogens is 961 g/mol. The first-order valence-electron chi connectivity index (χ1n) is 22.1. The van der Waals surface area contributed by atoms with Gasteiger partial charge in [-0.15, -0.1) is 45.3 Å². The Labute approximate surface area is 412 Å². The van der Waals surface area contributed by atoms with Gasteiger partial charge in [-0.2, -0.15) is 0 Å². The number of esters is 2. The molecule has 0 unspecified atom stereocenters. The maximum Gasteiger partial charge on any atom is 0.367 e. The Morgan fingerprint density at radius 2 is 0.871 bits per heavy atom. The number of anilines is 2. The van der Waals surface area contributed by atoms with E-state index in [1.54, 1.807) is 48.5 Å². The van der Waals surface area contributed by atoms with Gasteiger partial charge in [0.15, 0.2) is 41.0 Å². The summed E-state index contributed by atoms with van der Waals surface area (Å²) in [5, 5.41) is 10.8. The second-order valence-electron chi connectivity index (χ2n) is 17.2. The first kappa shape index (κ1) is 42.3. The molecule has 5 heterocycles. The Bertz CT molecular complexity index is 3760. The summed E-state index contributed by atoms with van der Waals surface area (Å²) in [4.78, 5) is 87.0. The molecule has 0 bridgehead atoms. The van der Waals surface area contributed by atoms with Crippen LogP contribution in [0.2, 0.25) is 0 Å². The number of nitrogens with one attached hydrogen (secondary N) is 2. The number of fused-ring (bicyclic) bond motifs is 11. The topological polar surface area (TPSA) is 154 Å². The van der Waals surface area contributed by atoms with Crippen LogP contribution < -0.4 is 15.4 Å². The minimum atomic E-state index is -2.51. The zero-order chi connectivity index (χ0) is 47.4. The first-order chi connectivity index (χ1) is 34.1. The number of benzene rings is 6. The average molecular weight is 993 g/mol. The maximum atomic E-state index is 15.2. The number of ether oxygens (including phenoxy) is 3. The number of ketones is 4. The summed E-state index contributed by atoms with van der Waals surface area (Å²) >= 11 is 5.14. The quantitative estimate of drug-likeness (QED) is 0.0994. The molecule has 15 heteroatoms. The number of hydrogen-bond donors (Lipinski definition) is 2. The van der Waals surface area contributed by atoms with Crippen molar-refractivity contribution in [2.45, 2.75) is 30.9 Å². The fourth-order valence-electron chi connectivity index (χ4n) is 9.55. The van der Waals surface area contributed by atoms with Crippen LogP contribution in [0.5, 0.6) is 5.75 Å². The number of hydrogen-bond acceptors (Lipinski definition) is 15. The lowest BCUT2D eigenvalue weighted by Crippen LogP contribution is -2.52. The van der Waals surface area contributed by atoms with Gasteiger partial charge in [0.1, 0.15) is 13.2 Å². The molecule has 4 aromatic heterocycles. The van der Waals surface area contributed by atoms with E-state index in [0.29, 0.717) is 67.2 Å². The van der Waals surface area contributed by atoms with Crippen molar-refractivity contribution >= 4 is 131 Å². The average Bonchev–Trinajstić information content (AvgIpc) is 4.22. The van der Waals surface area contributed by atoms with E-state index in [-0.39, 0.29) is 47.7 Å². The van der Waals surface area contributed by atoms with Crippen LogP contribution in [0.1, 0.15) is 58.1 Å². The molecule has 0 fully saturated rings. The number of thiophene rings is 4. The van der Waals surface area contributed by atoms with Crippen molar-refractivity contribution in [2.75, 3.05) is 10.6 Å². The van der Waals surface area contributed by atoms with E-state index in [9.17, 15) is 19.2 Å². The van der Waals surface area contributed by atoms with E-state index in [1.165, 1.54) is 45.3 Å². The fourth-order valence-corrected chi connectivity index (χ4v) is 14.8. The summed E-state index contributed by atoms with van der Waals surface area (Å²) in [6.07, 6.45) is 0. The van der Waals surface area contributed by atoms with E-state index in [2.05, 4.69) is 10.6 Å². The lowest BCUT2D eigenvalue weighted by atomic mass is 9.90. The minimum absolute atomic E-state index is 0.182. The van der Waals surface area contributed by atoms with Gasteiger partial charge in [0.2, 0.25) is 0 Å². The van der Waals surface area contributed by atoms with Gasteiger partial charge in [0, 0.05) is 27.0 Å². The monoisotopic (exact) mass is 992 g/mol. The van der Waals surface area contributed by atoms with Crippen molar-refractivity contribution in [3.05, 3.63) is 185 Å². The molecule has 2 N–H and O–H groups in total. The van der Waals surface area contributed by atoms with Crippen LogP contribution in [-0.2, 0) is 37.9 Å². The Hall–Kier alpha value is -7.82. The number of carbonyl (C=O) groups is 6. The van der Waals surface area contributed by atoms with E-state index in [4.69, 9.17) is 14.2 Å². The van der Waals surface area contributed by atoms with Crippen LogP contribution in [0.4, 0.5) is 10.0 Å². The van der Waals surface area contributed by atoms with Crippen LogP contribution in [0.25, 0.3) is 50.1 Å². The third-order valence-corrected chi connectivity index (χ3v) is 17.8. The van der Waals surface area contributed by atoms with Gasteiger partial charge in [0.05, 0.1) is 39.4 Å². The highest BCUT2D eigenvalue weighted by Crippen LogP contribution is 2.61. The van der Waals surface area contributed by atoms with E-state index >= 15 is 9.59 Å². The van der Waals surface area contributed by atoms with Crippen molar-refractivity contribution < 1.29 is 43.0 Å². The molecule has 2 aliphatic carbocycles. The van der Waals surface area contributed by atoms with Gasteiger partial charge in [-0.3, -0.25) is 19.2 Å². The molecule has 11 nitrogen and oxygen atoms in total. The molecule has 1 aliphatic heterocycles. The SMILES string of the molecule is O=C1c2cc3ccccc3cc2C(=O)C1Nc1cc2sc3c(c2s1)OC(C(=O)OCc1ccccc1)(C(=O)OCc1ccccc1)c1c-3sc2cc(NC3C(=O)c4cc5ccccc5cc4C3=O)sc12. The zero-order valence-corrected chi connectivity index (χ0v) is 39.5. The molecule has 70 heavy (non-hydrogen) atoms. The number of rotatable bonds is 10. The van der Waals surface area contributed by atoms with Crippen molar-refractivity contribution in [1.82, 2.24) is 0 Å². The molecule has 0 radical (unpaired) electrons. The van der Waals surface area contributed by atoms with E-state index < -0.39 is 29.6 Å². The maximum absolute atomic E-state index is 15.2. The van der Waals surface area contributed by atoms with Crippen LogP contribution in [0.15, 0.2) is 146 Å². The second kappa shape index (κ2) is 16.1. The molecule has 0 spiro atoms. The van der Waals surface area contributed by atoms with Gasteiger partial charge in [-0.1, -0.05) is 109 Å². The summed E-state index contributed by atoms with van der Waals surface area (Å²) in [5.41, 5.74) is 0.480. The summed E-state index contributed by atoms with van der Waals surface area (Å²) in [5.74, 6) is -3.14. The fraction of sp³-hybridized carbons (Fsp3) is 0.0909. The molecule has 3 aliphatic rings. The van der Waals surface area contributed by atoms with Gasteiger partial charge >= 0.3 is 17.5 Å². The summed E-state index contributed by atoms with van der Waals surface area (Å²) < 4.78 is 21.5. The van der Waals surface area contributed by atoms with Gasteiger partial charge < -0.3 is 24.8 Å². The van der Waals surface area contributed by atoms with Crippen molar-refractivity contribution in [2.24, 2.45) is 0 Å². The smallest absolute Gasteiger partial charge is 0.367 e. The molecule has 6 aromatic carbocycles. The summed E-state index contributed by atoms with van der Waals surface area (Å²) in [7, 11) is 0. The molecule has 0 saturated heterocycles. The Morgan fingerprint density at radius 1 is 0.486 bits per heavy atom. The highest BCUT2D eigenvalue weighted by Gasteiger charge is 2.60. The molecule has 0 atom stereocenters. The lowest BCUT2D eigenvalue weighted by molar-refractivity contribution is -0.183. The summed E-state index contributed by atoms with van der Waals surface area (Å²) in [6, 6.07) is 41.6. The first-order valence-corrected chi connectivity index (χ1v) is 25.4. The predicted molar refractivity (Wildman–Crippen MR) is 273 cm³/mol. The number of Topliss-reactive ketones (excluding diaryl/α,β-unsaturated/α-hetero) is 4. The third-order valence-electron chi connectivity index (χ3n) is 13.0. The molecule has 0 saturated carbocycles. The van der Waals surface area contributed by atoms with Gasteiger partial charge in [-0.25, -0.2) is 9.59 Å². The molecule has 10 aromatic rings. The van der Waals surface area contributed by atoms with Crippen molar-refractivity contribution in [1.29, 1.82) is 0 Å². The minimum Gasteiger partial charge on any atom is -0.457 e. The molecule has 0 amide bonds. The Kier molecular flexibility index (Phi) is 9.75. The lowest BCUT2D eigenvalue weighted by Gasteiger charge is -2.33. The van der Waals surface area contributed by atoms with Crippen LogP contribution >= 0.6 is 45.3 Å². The highest BCUT2D eigenvalue weighted by molar-refractivity contribution is 7.36. The van der Waals surface area contributed by atoms with Crippen LogP contribution in [0, 0.1) is 0 Å². The largest absolute Gasteiger partial charge is 0.457 e. The molecule has 340 valence electrons. The van der Waals surface area contributed by atoms with Crippen LogP contribution in [0.3, 0.4) is 0 Å². The third kappa shape index (κ3) is 6.56. The Balaban J connectivity index is 0.911. The zero-order valence-electron chi connectivity index (χ0n) is 36.2. The van der Waals surface area contributed by atoms with Gasteiger partial charge in [0.25, 0.3) is 0 Å². The molecule has 13 rings (SSSR count). The number of carbonyl (C=O) groups excluding carboxylic acids is 6.